The molecule has 1 nitrogen and oxygen atoms in total. The fourth-order valence-electron chi connectivity index (χ4n) is 2.05. The summed E-state index contributed by atoms with van der Waals surface area (Å²) in [5.41, 5.74) is 2.69. The predicted molar refractivity (Wildman–Crippen MR) is 79.4 cm³/mol. The van der Waals surface area contributed by atoms with Gasteiger partial charge in [0.25, 0.3) is 0 Å². The second-order valence-corrected chi connectivity index (χ2v) is 5.88. The van der Waals surface area contributed by atoms with Gasteiger partial charge < -0.3 is 5.32 Å². The Balaban J connectivity index is 1.79. The minimum Gasteiger partial charge on any atom is -0.310 e. The van der Waals surface area contributed by atoms with Crippen LogP contribution in [0.15, 0.2) is 46.9 Å². The molecule has 1 fully saturated rings. The fraction of sp³-hybridized carbons (Fsp3) is 0.250. The Kier molecular flexibility index (Phi) is 3.67. The van der Waals surface area contributed by atoms with Crippen molar-refractivity contribution in [2.24, 2.45) is 0 Å². The first-order valence-electron chi connectivity index (χ1n) is 6.50. The summed E-state index contributed by atoms with van der Waals surface area (Å²) in [6, 6.07) is 14.0. The zero-order valence-corrected chi connectivity index (χ0v) is 12.1. The second-order valence-electron chi connectivity index (χ2n) is 4.97. The molecule has 1 aliphatic rings. The fourth-order valence-corrected chi connectivity index (χ4v) is 2.32. The van der Waals surface area contributed by atoms with Crippen LogP contribution in [0.4, 0.5) is 4.39 Å². The van der Waals surface area contributed by atoms with E-state index in [1.54, 1.807) is 6.07 Å². The molecule has 1 saturated carbocycles. The summed E-state index contributed by atoms with van der Waals surface area (Å²) in [4.78, 5) is 0. The lowest BCUT2D eigenvalue weighted by Crippen LogP contribution is -2.16. The monoisotopic (exact) mass is 319 g/mol. The highest BCUT2D eigenvalue weighted by atomic mass is 79.9. The molecule has 0 saturated heterocycles. The van der Waals surface area contributed by atoms with Gasteiger partial charge in [0.1, 0.15) is 5.82 Å². The van der Waals surface area contributed by atoms with Gasteiger partial charge in [-0.3, -0.25) is 0 Å². The molecule has 1 aliphatic carbocycles. The van der Waals surface area contributed by atoms with Gasteiger partial charge >= 0.3 is 0 Å². The number of halogens is 2. The van der Waals surface area contributed by atoms with Crippen molar-refractivity contribution in [2.45, 2.75) is 25.4 Å². The van der Waals surface area contributed by atoms with Crippen molar-refractivity contribution in [2.75, 3.05) is 0 Å². The van der Waals surface area contributed by atoms with Gasteiger partial charge in [0.2, 0.25) is 0 Å². The molecular formula is C16H15BrFN. The van der Waals surface area contributed by atoms with E-state index in [9.17, 15) is 4.39 Å². The average Bonchev–Trinajstić information content (AvgIpc) is 3.22. The van der Waals surface area contributed by atoms with E-state index in [0.29, 0.717) is 12.6 Å². The maximum atomic E-state index is 14.0. The molecule has 0 aliphatic heterocycles. The molecule has 0 heterocycles. The van der Waals surface area contributed by atoms with E-state index in [1.165, 1.54) is 12.8 Å². The summed E-state index contributed by atoms with van der Waals surface area (Å²) in [6.07, 6.45) is 2.44. The molecule has 2 aromatic carbocycles. The second kappa shape index (κ2) is 5.43. The minimum atomic E-state index is -0.131. The molecule has 3 rings (SSSR count). The highest BCUT2D eigenvalue weighted by Gasteiger charge is 2.20. The molecular weight excluding hydrogens is 305 g/mol. The maximum absolute atomic E-state index is 14.0. The molecule has 3 heteroatoms. The van der Waals surface area contributed by atoms with Crippen LogP contribution in [0.1, 0.15) is 18.4 Å². The highest BCUT2D eigenvalue weighted by molar-refractivity contribution is 9.10. The van der Waals surface area contributed by atoms with Crippen molar-refractivity contribution in [1.82, 2.24) is 5.32 Å². The van der Waals surface area contributed by atoms with Crippen LogP contribution in [0.2, 0.25) is 0 Å². The average molecular weight is 320 g/mol. The Labute approximate surface area is 121 Å². The standard InChI is InChI=1S/C16H15BrFN/c17-14-5-3-11(4-6-14)12-1-2-13(16(18)9-12)10-19-15-7-8-15/h1-6,9,15,19H,7-8,10H2. The number of benzene rings is 2. The lowest BCUT2D eigenvalue weighted by molar-refractivity contribution is 0.587. The van der Waals surface area contributed by atoms with Crippen LogP contribution in [0, 0.1) is 5.82 Å². The Morgan fingerprint density at radius 1 is 1.05 bits per heavy atom. The van der Waals surface area contributed by atoms with Crippen molar-refractivity contribution in [1.29, 1.82) is 0 Å². The van der Waals surface area contributed by atoms with E-state index >= 15 is 0 Å². The van der Waals surface area contributed by atoms with Gasteiger partial charge in [-0.05, 0) is 42.2 Å². The van der Waals surface area contributed by atoms with Crippen molar-refractivity contribution < 1.29 is 4.39 Å². The highest BCUT2D eigenvalue weighted by Crippen LogP contribution is 2.24. The SMILES string of the molecule is Fc1cc(-c2ccc(Br)cc2)ccc1CNC1CC1. The third-order valence-electron chi connectivity index (χ3n) is 3.39. The van der Waals surface area contributed by atoms with Gasteiger partial charge in [0.15, 0.2) is 0 Å². The van der Waals surface area contributed by atoms with Crippen molar-refractivity contribution in [3.8, 4) is 11.1 Å². The molecule has 19 heavy (non-hydrogen) atoms. The predicted octanol–water partition coefficient (Wildman–Crippen LogP) is 4.51. The molecule has 0 radical (unpaired) electrons. The smallest absolute Gasteiger partial charge is 0.128 e. The molecule has 2 aromatic rings. The lowest BCUT2D eigenvalue weighted by atomic mass is 10.0. The molecule has 0 unspecified atom stereocenters. The zero-order valence-electron chi connectivity index (χ0n) is 10.5. The minimum absolute atomic E-state index is 0.131. The van der Waals surface area contributed by atoms with Gasteiger partial charge in [-0.25, -0.2) is 4.39 Å². The Morgan fingerprint density at radius 3 is 2.37 bits per heavy atom. The first-order valence-corrected chi connectivity index (χ1v) is 7.29. The number of rotatable bonds is 4. The van der Waals surface area contributed by atoms with Gasteiger partial charge in [0.05, 0.1) is 0 Å². The maximum Gasteiger partial charge on any atom is 0.128 e. The normalized spacial score (nSPS) is 14.6. The van der Waals surface area contributed by atoms with Crippen molar-refractivity contribution in [3.05, 3.63) is 58.3 Å². The first-order chi connectivity index (χ1) is 9.22. The van der Waals surface area contributed by atoms with E-state index in [2.05, 4.69) is 21.2 Å². The van der Waals surface area contributed by atoms with Crippen LogP contribution in [0.25, 0.3) is 11.1 Å². The Hall–Kier alpha value is -1.19. The number of nitrogens with one attached hydrogen (secondary N) is 1. The molecule has 0 spiro atoms. The van der Waals surface area contributed by atoms with Crippen LogP contribution in [0.5, 0.6) is 0 Å². The van der Waals surface area contributed by atoms with E-state index in [0.717, 1.165) is 21.2 Å². The summed E-state index contributed by atoms with van der Waals surface area (Å²) >= 11 is 3.40. The zero-order chi connectivity index (χ0) is 13.2. The summed E-state index contributed by atoms with van der Waals surface area (Å²) in [6.45, 7) is 0.622. The summed E-state index contributed by atoms with van der Waals surface area (Å²) in [5.74, 6) is -0.131. The van der Waals surface area contributed by atoms with Crippen molar-refractivity contribution >= 4 is 15.9 Å². The molecule has 0 amide bonds. The van der Waals surface area contributed by atoms with Gasteiger partial charge in [0, 0.05) is 22.6 Å². The Morgan fingerprint density at radius 2 is 1.74 bits per heavy atom. The molecule has 98 valence electrons. The topological polar surface area (TPSA) is 12.0 Å². The summed E-state index contributed by atoms with van der Waals surface area (Å²) < 4.78 is 15.1. The molecule has 0 atom stereocenters. The first kappa shape index (κ1) is 12.8. The quantitative estimate of drug-likeness (QED) is 0.874. The van der Waals surface area contributed by atoms with Crippen LogP contribution in [-0.2, 0) is 6.54 Å². The van der Waals surface area contributed by atoms with Crippen molar-refractivity contribution in [3.63, 3.8) is 0 Å². The van der Waals surface area contributed by atoms with Gasteiger partial charge in [-0.1, -0.05) is 40.2 Å². The van der Waals surface area contributed by atoms with E-state index in [4.69, 9.17) is 0 Å². The summed E-state index contributed by atoms with van der Waals surface area (Å²) in [5, 5.41) is 3.33. The lowest BCUT2D eigenvalue weighted by Gasteiger charge is -2.07. The van der Waals surface area contributed by atoms with Crippen LogP contribution < -0.4 is 5.32 Å². The molecule has 0 aromatic heterocycles. The van der Waals surface area contributed by atoms with E-state index in [1.807, 2.05) is 36.4 Å². The molecule has 0 bridgehead atoms. The Bertz CT molecular complexity index is 576. The van der Waals surface area contributed by atoms with Crippen LogP contribution in [-0.4, -0.2) is 6.04 Å². The number of hydrogen-bond donors (Lipinski definition) is 1. The molecule has 1 N–H and O–H groups in total. The third kappa shape index (κ3) is 3.23. The number of hydrogen-bond acceptors (Lipinski definition) is 1. The van der Waals surface area contributed by atoms with Gasteiger partial charge in [-0.15, -0.1) is 0 Å². The van der Waals surface area contributed by atoms with Gasteiger partial charge in [-0.2, -0.15) is 0 Å². The largest absolute Gasteiger partial charge is 0.310 e. The van der Waals surface area contributed by atoms with Crippen LogP contribution in [0.3, 0.4) is 0 Å². The van der Waals surface area contributed by atoms with Crippen LogP contribution >= 0.6 is 15.9 Å². The van der Waals surface area contributed by atoms with E-state index in [-0.39, 0.29) is 5.82 Å². The van der Waals surface area contributed by atoms with E-state index < -0.39 is 0 Å². The third-order valence-corrected chi connectivity index (χ3v) is 3.92. The summed E-state index contributed by atoms with van der Waals surface area (Å²) in [7, 11) is 0.